The predicted molar refractivity (Wildman–Crippen MR) is 104 cm³/mol. The first-order valence-electron chi connectivity index (χ1n) is 9.53. The molecule has 136 valence electrons. The van der Waals surface area contributed by atoms with Gasteiger partial charge in [0.1, 0.15) is 0 Å². The van der Waals surface area contributed by atoms with Crippen LogP contribution in [0.25, 0.3) is 11.1 Å². The summed E-state index contributed by atoms with van der Waals surface area (Å²) in [6.07, 6.45) is 4.39. The summed E-state index contributed by atoms with van der Waals surface area (Å²) in [6.45, 7) is 2.56. The van der Waals surface area contributed by atoms with Gasteiger partial charge in [0, 0.05) is 17.6 Å². The highest BCUT2D eigenvalue weighted by Gasteiger charge is 2.33. The predicted octanol–water partition coefficient (Wildman–Crippen LogP) is 4.74. The second-order valence-corrected chi connectivity index (χ2v) is 7.61. The summed E-state index contributed by atoms with van der Waals surface area (Å²) >= 11 is 0. The Hall–Kier alpha value is -2.33. The molecule has 2 atom stereocenters. The largest absolute Gasteiger partial charge is 0.449 e. The average Bonchev–Trinajstić information content (AvgIpc) is 3.00. The quantitative estimate of drug-likeness (QED) is 0.837. The minimum Gasteiger partial charge on any atom is -0.449 e. The van der Waals surface area contributed by atoms with E-state index in [0.29, 0.717) is 24.6 Å². The Balaban J connectivity index is 1.40. The molecule has 2 aliphatic heterocycles. The van der Waals surface area contributed by atoms with Crippen LogP contribution in [0.15, 0.2) is 48.5 Å². The molecule has 2 bridgehead atoms. The number of piperidine rings is 1. The number of anilines is 1. The molecule has 4 nitrogen and oxygen atoms in total. The van der Waals surface area contributed by atoms with E-state index in [1.54, 1.807) is 0 Å². The van der Waals surface area contributed by atoms with Gasteiger partial charge in [-0.2, -0.15) is 0 Å². The zero-order chi connectivity index (χ0) is 17.9. The SMILES string of the molecule is Cc1ccc(NC(=O)OCC2CC3CCC(C2)N3)c(-c2ccccc2)c1. The smallest absolute Gasteiger partial charge is 0.411 e. The van der Waals surface area contributed by atoms with Gasteiger partial charge in [-0.05, 0) is 56.2 Å². The van der Waals surface area contributed by atoms with Gasteiger partial charge in [-0.1, -0.05) is 42.0 Å². The van der Waals surface area contributed by atoms with Crippen LogP contribution in [-0.4, -0.2) is 24.8 Å². The molecule has 2 unspecified atom stereocenters. The molecule has 1 amide bonds. The normalized spacial score (nSPS) is 24.3. The molecule has 2 N–H and O–H groups in total. The number of hydrogen-bond donors (Lipinski definition) is 2. The highest BCUT2D eigenvalue weighted by molar-refractivity contribution is 5.91. The summed E-state index contributed by atoms with van der Waals surface area (Å²) < 4.78 is 5.55. The van der Waals surface area contributed by atoms with Gasteiger partial charge in [0.2, 0.25) is 0 Å². The van der Waals surface area contributed by atoms with Gasteiger partial charge in [0.25, 0.3) is 0 Å². The van der Waals surface area contributed by atoms with Crippen LogP contribution < -0.4 is 10.6 Å². The average molecular weight is 350 g/mol. The van der Waals surface area contributed by atoms with E-state index < -0.39 is 0 Å². The maximum Gasteiger partial charge on any atom is 0.411 e. The molecule has 2 aromatic carbocycles. The minimum absolute atomic E-state index is 0.364. The Morgan fingerprint density at radius 3 is 2.58 bits per heavy atom. The summed E-state index contributed by atoms with van der Waals surface area (Å²) in [7, 11) is 0. The number of carbonyl (C=O) groups is 1. The van der Waals surface area contributed by atoms with Crippen LogP contribution in [0.5, 0.6) is 0 Å². The van der Waals surface area contributed by atoms with Gasteiger partial charge < -0.3 is 10.1 Å². The molecule has 2 fully saturated rings. The molecule has 0 saturated carbocycles. The molecular formula is C22H26N2O2. The molecule has 4 rings (SSSR count). The molecule has 2 aromatic rings. The van der Waals surface area contributed by atoms with Crippen LogP contribution in [0.2, 0.25) is 0 Å². The van der Waals surface area contributed by atoms with E-state index in [0.717, 1.165) is 35.2 Å². The first kappa shape index (κ1) is 17.1. The van der Waals surface area contributed by atoms with E-state index >= 15 is 0 Å². The number of rotatable bonds is 4. The summed E-state index contributed by atoms with van der Waals surface area (Å²) in [6, 6.07) is 17.4. The van der Waals surface area contributed by atoms with Crippen LogP contribution in [0.1, 0.15) is 31.2 Å². The number of fused-ring (bicyclic) bond motifs is 2. The van der Waals surface area contributed by atoms with Gasteiger partial charge in [-0.15, -0.1) is 0 Å². The van der Waals surface area contributed by atoms with E-state index in [2.05, 4.69) is 35.8 Å². The number of hydrogen-bond acceptors (Lipinski definition) is 3. The van der Waals surface area contributed by atoms with E-state index in [1.807, 2.05) is 30.3 Å². The summed E-state index contributed by atoms with van der Waals surface area (Å²) in [4.78, 5) is 12.4. The molecule has 0 spiro atoms. The Morgan fingerprint density at radius 1 is 1.12 bits per heavy atom. The third kappa shape index (κ3) is 3.91. The zero-order valence-electron chi connectivity index (χ0n) is 15.2. The zero-order valence-corrected chi connectivity index (χ0v) is 15.2. The number of carbonyl (C=O) groups excluding carboxylic acids is 1. The molecule has 0 aliphatic carbocycles. The minimum atomic E-state index is -0.364. The van der Waals surface area contributed by atoms with E-state index in [-0.39, 0.29) is 6.09 Å². The van der Waals surface area contributed by atoms with Gasteiger partial charge in [-0.25, -0.2) is 4.79 Å². The highest BCUT2D eigenvalue weighted by atomic mass is 16.5. The molecule has 4 heteroatoms. The van der Waals surface area contributed by atoms with Crippen molar-refractivity contribution in [2.45, 2.75) is 44.7 Å². The van der Waals surface area contributed by atoms with Crippen LogP contribution >= 0.6 is 0 Å². The maximum atomic E-state index is 12.4. The summed E-state index contributed by atoms with van der Waals surface area (Å²) in [5.41, 5.74) is 4.05. The fourth-order valence-electron chi connectivity index (χ4n) is 4.27. The number of nitrogens with one attached hydrogen (secondary N) is 2. The number of benzene rings is 2. The Kier molecular flexibility index (Phi) is 4.93. The second kappa shape index (κ2) is 7.50. The number of amides is 1. The standard InChI is InChI=1S/C22H26N2O2/c1-15-7-10-21(20(11-15)17-5-3-2-4-6-17)24-22(25)26-14-16-12-18-8-9-19(13-16)23-18/h2-7,10-11,16,18-19,23H,8-9,12-14H2,1H3,(H,24,25). The molecule has 0 aromatic heterocycles. The summed E-state index contributed by atoms with van der Waals surface area (Å²) in [5, 5.41) is 6.56. The van der Waals surface area contributed by atoms with Gasteiger partial charge in [0.15, 0.2) is 0 Å². The third-order valence-electron chi connectivity index (χ3n) is 5.52. The lowest BCUT2D eigenvalue weighted by Crippen LogP contribution is -2.39. The first-order chi connectivity index (χ1) is 12.7. The van der Waals surface area contributed by atoms with Crippen molar-refractivity contribution >= 4 is 11.8 Å². The lowest BCUT2D eigenvalue weighted by Gasteiger charge is -2.28. The van der Waals surface area contributed by atoms with E-state index in [9.17, 15) is 4.79 Å². The number of aryl methyl sites for hydroxylation is 1. The van der Waals surface area contributed by atoms with Crippen molar-refractivity contribution in [3.8, 4) is 11.1 Å². The molecular weight excluding hydrogens is 324 g/mol. The lowest BCUT2D eigenvalue weighted by atomic mass is 9.93. The Bertz CT molecular complexity index is 763. The van der Waals surface area contributed by atoms with Crippen molar-refractivity contribution in [2.24, 2.45) is 5.92 Å². The van der Waals surface area contributed by atoms with Crippen LogP contribution in [-0.2, 0) is 4.74 Å². The molecule has 2 saturated heterocycles. The third-order valence-corrected chi connectivity index (χ3v) is 5.52. The van der Waals surface area contributed by atoms with Crippen molar-refractivity contribution in [1.82, 2.24) is 5.32 Å². The molecule has 26 heavy (non-hydrogen) atoms. The second-order valence-electron chi connectivity index (χ2n) is 7.61. The lowest BCUT2D eigenvalue weighted by molar-refractivity contribution is 0.122. The molecule has 2 aliphatic rings. The number of ether oxygens (including phenoxy) is 1. The fourth-order valence-corrected chi connectivity index (χ4v) is 4.27. The van der Waals surface area contributed by atoms with Crippen molar-refractivity contribution in [3.05, 3.63) is 54.1 Å². The van der Waals surface area contributed by atoms with Gasteiger partial charge in [0.05, 0.1) is 12.3 Å². The van der Waals surface area contributed by atoms with Gasteiger partial charge >= 0.3 is 6.09 Å². The van der Waals surface area contributed by atoms with Crippen LogP contribution in [0.4, 0.5) is 10.5 Å². The van der Waals surface area contributed by atoms with Crippen LogP contribution in [0.3, 0.4) is 0 Å². The van der Waals surface area contributed by atoms with Crippen molar-refractivity contribution in [1.29, 1.82) is 0 Å². The van der Waals surface area contributed by atoms with Gasteiger partial charge in [-0.3, -0.25) is 5.32 Å². The van der Waals surface area contributed by atoms with Crippen molar-refractivity contribution in [3.63, 3.8) is 0 Å². The first-order valence-corrected chi connectivity index (χ1v) is 9.53. The van der Waals surface area contributed by atoms with Crippen LogP contribution in [0, 0.1) is 12.8 Å². The van der Waals surface area contributed by atoms with E-state index in [1.165, 1.54) is 12.8 Å². The van der Waals surface area contributed by atoms with E-state index in [4.69, 9.17) is 4.74 Å². The molecule has 0 radical (unpaired) electrons. The Morgan fingerprint density at radius 2 is 1.85 bits per heavy atom. The monoisotopic (exact) mass is 350 g/mol. The highest BCUT2D eigenvalue weighted by Crippen LogP contribution is 2.32. The topological polar surface area (TPSA) is 50.4 Å². The maximum absolute atomic E-state index is 12.4. The van der Waals surface area contributed by atoms with Crippen molar-refractivity contribution in [2.75, 3.05) is 11.9 Å². The molecule has 2 heterocycles. The Labute approximate surface area is 155 Å². The summed E-state index contributed by atoms with van der Waals surface area (Å²) in [5.74, 6) is 0.478. The fraction of sp³-hybridized carbons (Fsp3) is 0.409. The van der Waals surface area contributed by atoms with Crippen molar-refractivity contribution < 1.29 is 9.53 Å².